The van der Waals surface area contributed by atoms with Crippen molar-refractivity contribution in [1.82, 2.24) is 14.5 Å². The number of hydrogen-bond donors (Lipinski definition) is 0. The molecule has 3 aromatic rings. The summed E-state index contributed by atoms with van der Waals surface area (Å²) >= 11 is 6.34. The molecule has 2 atom stereocenters. The number of nitrogens with zero attached hydrogens (tertiary/aromatic N) is 3. The van der Waals surface area contributed by atoms with Gasteiger partial charge in [-0.15, -0.1) is 0 Å². The van der Waals surface area contributed by atoms with E-state index in [4.69, 9.17) is 26.1 Å². The molecule has 0 N–H and O–H groups in total. The largest absolute Gasteiger partial charge is 0.381 e. The fraction of sp³-hybridized carbons (Fsp3) is 0.524. The molecule has 6 heteroatoms. The van der Waals surface area contributed by atoms with E-state index in [1.165, 1.54) is 11.3 Å². The summed E-state index contributed by atoms with van der Waals surface area (Å²) in [4.78, 5) is 9.70. The maximum Gasteiger partial charge on any atom is 0.113 e. The van der Waals surface area contributed by atoms with Crippen molar-refractivity contribution in [2.24, 2.45) is 0 Å². The van der Waals surface area contributed by atoms with Gasteiger partial charge in [-0.3, -0.25) is 4.98 Å². The molecule has 0 radical (unpaired) electrons. The summed E-state index contributed by atoms with van der Waals surface area (Å²) in [5, 5.41) is 1.82. The van der Waals surface area contributed by atoms with Crippen LogP contribution < -0.4 is 0 Å². The fourth-order valence-electron chi connectivity index (χ4n) is 4.59. The maximum absolute atomic E-state index is 6.34. The lowest BCUT2D eigenvalue weighted by molar-refractivity contribution is 0.00544. The van der Waals surface area contributed by atoms with Crippen LogP contribution in [0.15, 0.2) is 24.4 Å². The van der Waals surface area contributed by atoms with Crippen molar-refractivity contribution >= 4 is 33.5 Å². The van der Waals surface area contributed by atoms with Crippen LogP contribution in [-0.4, -0.2) is 40.5 Å². The predicted octanol–water partition coefficient (Wildman–Crippen LogP) is 4.87. The van der Waals surface area contributed by atoms with Crippen LogP contribution in [0.25, 0.3) is 21.9 Å². The summed E-state index contributed by atoms with van der Waals surface area (Å²) in [7, 11) is 0. The number of imidazole rings is 1. The van der Waals surface area contributed by atoms with Gasteiger partial charge >= 0.3 is 0 Å². The molecular formula is C21H24ClN3O2. The minimum Gasteiger partial charge on any atom is -0.381 e. The molecule has 0 aliphatic carbocycles. The zero-order valence-corrected chi connectivity index (χ0v) is 16.3. The van der Waals surface area contributed by atoms with E-state index in [-0.39, 0.29) is 6.10 Å². The molecule has 142 valence electrons. The highest BCUT2D eigenvalue weighted by Gasteiger charge is 2.30. The summed E-state index contributed by atoms with van der Waals surface area (Å²) in [6.07, 6.45) is 6.24. The number of halogens is 1. The van der Waals surface area contributed by atoms with Crippen LogP contribution in [0.3, 0.4) is 0 Å². The zero-order valence-electron chi connectivity index (χ0n) is 15.5. The van der Waals surface area contributed by atoms with Crippen LogP contribution in [-0.2, 0) is 9.47 Å². The zero-order chi connectivity index (χ0) is 18.4. The van der Waals surface area contributed by atoms with Gasteiger partial charge in [0.25, 0.3) is 0 Å². The lowest BCUT2D eigenvalue weighted by Crippen LogP contribution is -2.28. The second-order valence-corrected chi connectivity index (χ2v) is 8.18. The summed E-state index contributed by atoms with van der Waals surface area (Å²) in [5.74, 6) is 1.61. The Bertz CT molecular complexity index is 980. The third-order valence-electron chi connectivity index (χ3n) is 5.91. The minimum absolute atomic E-state index is 0.264. The Morgan fingerprint density at radius 1 is 1.11 bits per heavy atom. The van der Waals surface area contributed by atoms with Crippen molar-refractivity contribution in [3.05, 3.63) is 35.2 Å². The SMILES string of the molecule is C[C@@H]1CC(n2c(C3CCOCC3)nc3cnc4ccc(Cl)cc4c32)CCO1. The van der Waals surface area contributed by atoms with Crippen LogP contribution in [0.4, 0.5) is 0 Å². The number of benzene rings is 1. The number of aromatic nitrogens is 3. The van der Waals surface area contributed by atoms with Crippen LogP contribution in [0.2, 0.25) is 5.02 Å². The van der Waals surface area contributed by atoms with Crippen LogP contribution >= 0.6 is 11.6 Å². The minimum atomic E-state index is 0.264. The van der Waals surface area contributed by atoms with Gasteiger partial charge in [-0.25, -0.2) is 4.98 Å². The van der Waals surface area contributed by atoms with E-state index in [1.807, 2.05) is 24.4 Å². The Labute approximate surface area is 163 Å². The van der Waals surface area contributed by atoms with Crippen molar-refractivity contribution in [2.75, 3.05) is 19.8 Å². The standard InChI is InChI=1S/C21H24ClN3O2/c1-13-10-16(6-9-27-13)25-20-17-11-15(22)2-3-18(17)23-12-19(20)24-21(25)14-4-7-26-8-5-14/h2-3,11-14,16H,4-10H2,1H3/t13-,16?/m1/s1. The smallest absolute Gasteiger partial charge is 0.113 e. The molecule has 1 aromatic carbocycles. The first-order valence-corrected chi connectivity index (χ1v) is 10.2. The number of rotatable bonds is 2. The lowest BCUT2D eigenvalue weighted by Gasteiger charge is -2.32. The normalized spacial score (nSPS) is 24.7. The first kappa shape index (κ1) is 17.4. The number of pyridine rings is 1. The molecule has 5 rings (SSSR count). The van der Waals surface area contributed by atoms with E-state index in [0.717, 1.165) is 66.9 Å². The van der Waals surface area contributed by atoms with Crippen molar-refractivity contribution in [3.8, 4) is 0 Å². The van der Waals surface area contributed by atoms with Crippen LogP contribution in [0.5, 0.6) is 0 Å². The Balaban J connectivity index is 1.76. The molecule has 0 spiro atoms. The monoisotopic (exact) mass is 385 g/mol. The van der Waals surface area contributed by atoms with Gasteiger partial charge in [0.15, 0.2) is 0 Å². The van der Waals surface area contributed by atoms with Gasteiger partial charge in [0, 0.05) is 42.2 Å². The third kappa shape index (κ3) is 3.12. The molecular weight excluding hydrogens is 362 g/mol. The summed E-state index contributed by atoms with van der Waals surface area (Å²) in [6.45, 7) is 4.57. The molecule has 0 bridgehead atoms. The number of fused-ring (bicyclic) bond motifs is 3. The van der Waals surface area contributed by atoms with Gasteiger partial charge in [0.1, 0.15) is 11.3 Å². The Morgan fingerprint density at radius 2 is 1.96 bits per heavy atom. The third-order valence-corrected chi connectivity index (χ3v) is 6.15. The highest BCUT2D eigenvalue weighted by Crippen LogP contribution is 2.38. The lowest BCUT2D eigenvalue weighted by atomic mass is 9.97. The molecule has 2 fully saturated rings. The van der Waals surface area contributed by atoms with E-state index in [2.05, 4.69) is 16.5 Å². The second-order valence-electron chi connectivity index (χ2n) is 7.74. The predicted molar refractivity (Wildman–Crippen MR) is 107 cm³/mol. The molecule has 4 heterocycles. The average Bonchev–Trinajstić information content (AvgIpc) is 3.09. The van der Waals surface area contributed by atoms with E-state index in [1.54, 1.807) is 0 Å². The molecule has 2 saturated heterocycles. The van der Waals surface area contributed by atoms with Gasteiger partial charge in [-0.05, 0) is 50.8 Å². The van der Waals surface area contributed by atoms with Gasteiger partial charge in [-0.2, -0.15) is 0 Å². The average molecular weight is 386 g/mol. The summed E-state index contributed by atoms with van der Waals surface area (Å²) in [6, 6.07) is 6.32. The van der Waals surface area contributed by atoms with Gasteiger partial charge < -0.3 is 14.0 Å². The maximum atomic E-state index is 6.34. The molecule has 2 aliphatic heterocycles. The highest BCUT2D eigenvalue weighted by atomic mass is 35.5. The number of hydrogen-bond acceptors (Lipinski definition) is 4. The van der Waals surface area contributed by atoms with Crippen LogP contribution in [0, 0.1) is 0 Å². The Kier molecular flexibility index (Phi) is 4.54. The van der Waals surface area contributed by atoms with E-state index in [0.29, 0.717) is 12.0 Å². The molecule has 5 nitrogen and oxygen atoms in total. The first-order chi connectivity index (χ1) is 13.2. The second kappa shape index (κ2) is 7.04. The van der Waals surface area contributed by atoms with Crippen molar-refractivity contribution < 1.29 is 9.47 Å². The number of ether oxygens (including phenoxy) is 2. The quantitative estimate of drug-likeness (QED) is 0.631. The fourth-order valence-corrected chi connectivity index (χ4v) is 4.76. The van der Waals surface area contributed by atoms with E-state index >= 15 is 0 Å². The summed E-state index contributed by atoms with van der Waals surface area (Å²) < 4.78 is 13.9. The van der Waals surface area contributed by atoms with E-state index in [9.17, 15) is 0 Å². The first-order valence-electron chi connectivity index (χ1n) is 9.86. The molecule has 2 aliphatic rings. The molecule has 0 saturated carbocycles. The molecule has 0 amide bonds. The molecule has 2 aromatic heterocycles. The van der Waals surface area contributed by atoms with Crippen molar-refractivity contribution in [1.29, 1.82) is 0 Å². The topological polar surface area (TPSA) is 49.2 Å². The van der Waals surface area contributed by atoms with Crippen LogP contribution in [0.1, 0.15) is 50.4 Å². The van der Waals surface area contributed by atoms with Gasteiger partial charge in [0.2, 0.25) is 0 Å². The Morgan fingerprint density at radius 3 is 2.78 bits per heavy atom. The molecule has 27 heavy (non-hydrogen) atoms. The van der Waals surface area contributed by atoms with Crippen molar-refractivity contribution in [3.63, 3.8) is 0 Å². The molecule has 1 unspecified atom stereocenters. The summed E-state index contributed by atoms with van der Waals surface area (Å²) in [5.41, 5.74) is 3.10. The van der Waals surface area contributed by atoms with E-state index < -0.39 is 0 Å². The van der Waals surface area contributed by atoms with Crippen molar-refractivity contribution in [2.45, 2.75) is 50.7 Å². The van der Waals surface area contributed by atoms with Gasteiger partial charge in [0.05, 0.1) is 23.3 Å². The highest BCUT2D eigenvalue weighted by molar-refractivity contribution is 6.31. The van der Waals surface area contributed by atoms with Gasteiger partial charge in [-0.1, -0.05) is 11.6 Å². The Hall–Kier alpha value is -1.69.